The molecule has 8 heteroatoms. The Morgan fingerprint density at radius 3 is 2.36 bits per heavy atom. The molecule has 0 amide bonds. The molecule has 0 unspecified atom stereocenters. The Morgan fingerprint density at radius 1 is 1.00 bits per heavy atom. The van der Waals surface area contributed by atoms with Gasteiger partial charge in [-0.25, -0.2) is 4.98 Å². The molecular formula is C28H30F3N3O2. The number of carbonyl (C=O) groups is 1. The first kappa shape index (κ1) is 24.6. The Hall–Kier alpha value is -3.13. The highest BCUT2D eigenvalue weighted by molar-refractivity contribution is 5.67. The fraction of sp³-hybridized carbons (Fsp3) is 0.429. The summed E-state index contributed by atoms with van der Waals surface area (Å²) in [5.74, 6) is 0.178. The van der Waals surface area contributed by atoms with E-state index in [-0.39, 0.29) is 12.3 Å². The summed E-state index contributed by atoms with van der Waals surface area (Å²) in [5, 5.41) is 8.81. The van der Waals surface area contributed by atoms with Crippen molar-refractivity contribution in [2.24, 2.45) is 0 Å². The summed E-state index contributed by atoms with van der Waals surface area (Å²) in [6.45, 7) is 2.25. The zero-order valence-electron chi connectivity index (χ0n) is 20.0. The van der Waals surface area contributed by atoms with Gasteiger partial charge in [-0.2, -0.15) is 13.2 Å². The summed E-state index contributed by atoms with van der Waals surface area (Å²) in [7, 11) is 0. The minimum Gasteiger partial charge on any atom is -0.481 e. The molecule has 2 fully saturated rings. The van der Waals surface area contributed by atoms with E-state index >= 15 is 0 Å². The predicted molar refractivity (Wildman–Crippen MR) is 132 cm³/mol. The van der Waals surface area contributed by atoms with Crippen molar-refractivity contribution in [2.75, 3.05) is 19.6 Å². The van der Waals surface area contributed by atoms with E-state index < -0.39 is 17.7 Å². The van der Waals surface area contributed by atoms with Crippen LogP contribution in [0.1, 0.15) is 67.1 Å². The zero-order chi connectivity index (χ0) is 25.3. The second-order valence-electron chi connectivity index (χ2n) is 10.0. The molecule has 1 aliphatic carbocycles. The average Bonchev–Trinajstić information content (AvgIpc) is 3.33. The Kier molecular flexibility index (Phi) is 6.88. The topological polar surface area (TPSA) is 69.2 Å². The Labute approximate surface area is 208 Å². The number of aliphatic carboxylic acids is 1. The molecular weight excluding hydrogens is 467 g/mol. The number of nitrogens with one attached hydrogen (secondary N) is 1. The Morgan fingerprint density at radius 2 is 1.69 bits per heavy atom. The molecule has 5 rings (SSSR count). The molecule has 1 aromatic heterocycles. The monoisotopic (exact) mass is 497 g/mol. The largest absolute Gasteiger partial charge is 0.481 e. The Bertz CT molecular complexity index is 1210. The van der Waals surface area contributed by atoms with Gasteiger partial charge in [0.1, 0.15) is 5.82 Å². The number of alkyl halides is 3. The van der Waals surface area contributed by atoms with E-state index in [0.29, 0.717) is 35.1 Å². The normalized spacial score (nSPS) is 17.8. The number of nitrogens with zero attached hydrogens (tertiary/aromatic N) is 2. The number of rotatable bonds is 7. The van der Waals surface area contributed by atoms with Crippen LogP contribution in [-0.4, -0.2) is 45.6 Å². The van der Waals surface area contributed by atoms with E-state index in [2.05, 4.69) is 14.9 Å². The number of carboxylic acids is 1. The van der Waals surface area contributed by atoms with Crippen molar-refractivity contribution in [1.82, 2.24) is 14.9 Å². The summed E-state index contributed by atoms with van der Waals surface area (Å²) < 4.78 is 41.9. The second-order valence-corrected chi connectivity index (χ2v) is 10.0. The summed E-state index contributed by atoms with van der Waals surface area (Å²) in [6, 6.07) is 12.7. The van der Waals surface area contributed by atoms with Crippen LogP contribution in [-0.2, 0) is 11.0 Å². The van der Waals surface area contributed by atoms with Crippen LogP contribution >= 0.6 is 0 Å². The standard InChI is InChI=1S/C28H30F3N3O2/c29-28(30,31)24-14-21(10-11-23(24)19-4-2-1-3-5-19)25-15-32-27(33-25)20-8-6-18(7-9-20)22-16-34(17-22)13-12-26(35)36/h6-11,14-15,19,22H,1-5,12-13,16-17H2,(H,32,33)(H,35,36). The van der Waals surface area contributed by atoms with Crippen LogP contribution in [0.4, 0.5) is 13.2 Å². The van der Waals surface area contributed by atoms with Gasteiger partial charge in [0.15, 0.2) is 0 Å². The number of benzene rings is 2. The lowest BCUT2D eigenvalue weighted by Crippen LogP contribution is -2.45. The maximum Gasteiger partial charge on any atom is 0.416 e. The van der Waals surface area contributed by atoms with Crippen molar-refractivity contribution in [1.29, 1.82) is 0 Å². The van der Waals surface area contributed by atoms with Crippen molar-refractivity contribution >= 4 is 5.97 Å². The third kappa shape index (κ3) is 5.33. The van der Waals surface area contributed by atoms with E-state index in [0.717, 1.165) is 50.8 Å². The molecule has 1 saturated heterocycles. The highest BCUT2D eigenvalue weighted by Crippen LogP contribution is 2.42. The van der Waals surface area contributed by atoms with E-state index in [1.807, 2.05) is 24.3 Å². The van der Waals surface area contributed by atoms with E-state index in [1.54, 1.807) is 18.3 Å². The molecule has 0 bridgehead atoms. The number of carboxylic acid groups (broad SMARTS) is 1. The molecule has 0 spiro atoms. The van der Waals surface area contributed by atoms with Crippen LogP contribution in [0.25, 0.3) is 22.6 Å². The molecule has 1 saturated carbocycles. The highest BCUT2D eigenvalue weighted by atomic mass is 19.4. The van der Waals surface area contributed by atoms with Crippen LogP contribution in [0.3, 0.4) is 0 Å². The van der Waals surface area contributed by atoms with Crippen molar-refractivity contribution in [3.63, 3.8) is 0 Å². The number of aromatic amines is 1. The lowest BCUT2D eigenvalue weighted by atomic mass is 9.81. The molecule has 2 aliphatic rings. The lowest BCUT2D eigenvalue weighted by Gasteiger charge is -2.39. The number of aromatic nitrogens is 2. The number of likely N-dealkylation sites (tertiary alicyclic amines) is 1. The molecule has 2 aromatic carbocycles. The molecule has 0 radical (unpaired) electrons. The number of hydrogen-bond acceptors (Lipinski definition) is 3. The fourth-order valence-electron chi connectivity index (χ4n) is 5.48. The van der Waals surface area contributed by atoms with Gasteiger partial charge in [-0.3, -0.25) is 4.79 Å². The van der Waals surface area contributed by atoms with E-state index in [9.17, 15) is 18.0 Å². The highest BCUT2D eigenvalue weighted by Gasteiger charge is 2.36. The van der Waals surface area contributed by atoms with Crippen LogP contribution in [0, 0.1) is 0 Å². The molecule has 190 valence electrons. The number of halogens is 3. The van der Waals surface area contributed by atoms with Gasteiger partial charge < -0.3 is 15.0 Å². The van der Waals surface area contributed by atoms with Gasteiger partial charge in [-0.15, -0.1) is 0 Å². The van der Waals surface area contributed by atoms with Crippen LogP contribution in [0.15, 0.2) is 48.7 Å². The predicted octanol–water partition coefficient (Wildman–Crippen LogP) is 6.68. The van der Waals surface area contributed by atoms with Gasteiger partial charge in [0, 0.05) is 36.7 Å². The van der Waals surface area contributed by atoms with E-state index in [4.69, 9.17) is 5.11 Å². The maximum atomic E-state index is 14.0. The first-order chi connectivity index (χ1) is 17.3. The first-order valence-corrected chi connectivity index (χ1v) is 12.6. The number of hydrogen-bond donors (Lipinski definition) is 2. The maximum absolute atomic E-state index is 14.0. The second kappa shape index (κ2) is 10.1. The SMILES string of the molecule is O=C(O)CCN1CC(c2ccc(-c3ncc(-c4ccc(C5CCCCC5)c(C(F)(F)F)c4)[nH]3)cc2)C1. The summed E-state index contributed by atoms with van der Waals surface area (Å²) in [4.78, 5) is 20.5. The molecule has 3 aromatic rings. The van der Waals surface area contributed by atoms with Crippen molar-refractivity contribution in [3.05, 3.63) is 65.4 Å². The molecule has 36 heavy (non-hydrogen) atoms. The van der Waals surface area contributed by atoms with Crippen molar-refractivity contribution in [2.45, 2.75) is 56.5 Å². The quantitative estimate of drug-likeness (QED) is 0.382. The molecule has 2 heterocycles. The van der Waals surface area contributed by atoms with E-state index in [1.165, 1.54) is 11.6 Å². The van der Waals surface area contributed by atoms with Gasteiger partial charge in [0.2, 0.25) is 0 Å². The van der Waals surface area contributed by atoms with Crippen molar-refractivity contribution < 1.29 is 23.1 Å². The smallest absolute Gasteiger partial charge is 0.416 e. The summed E-state index contributed by atoms with van der Waals surface area (Å²) >= 11 is 0. The first-order valence-electron chi connectivity index (χ1n) is 12.6. The molecule has 1 aliphatic heterocycles. The van der Waals surface area contributed by atoms with Crippen molar-refractivity contribution in [3.8, 4) is 22.6 Å². The molecule has 0 atom stereocenters. The Balaban J connectivity index is 1.30. The minimum atomic E-state index is -4.40. The minimum absolute atomic E-state index is 0.0276. The number of imidazole rings is 1. The van der Waals surface area contributed by atoms with Crippen LogP contribution < -0.4 is 0 Å². The molecule has 5 nitrogen and oxygen atoms in total. The van der Waals surface area contributed by atoms with Crippen LogP contribution in [0.5, 0.6) is 0 Å². The third-order valence-electron chi connectivity index (χ3n) is 7.55. The van der Waals surface area contributed by atoms with Gasteiger partial charge in [-0.1, -0.05) is 55.7 Å². The van der Waals surface area contributed by atoms with Gasteiger partial charge in [0.25, 0.3) is 0 Å². The van der Waals surface area contributed by atoms with Gasteiger partial charge in [0.05, 0.1) is 23.9 Å². The zero-order valence-corrected chi connectivity index (χ0v) is 20.0. The summed E-state index contributed by atoms with van der Waals surface area (Å²) in [6.07, 6.45) is 2.03. The van der Waals surface area contributed by atoms with Crippen LogP contribution in [0.2, 0.25) is 0 Å². The van der Waals surface area contributed by atoms with Gasteiger partial charge >= 0.3 is 12.1 Å². The lowest BCUT2D eigenvalue weighted by molar-refractivity contribution is -0.139. The third-order valence-corrected chi connectivity index (χ3v) is 7.55. The molecule has 2 N–H and O–H groups in total. The average molecular weight is 498 g/mol. The fourth-order valence-corrected chi connectivity index (χ4v) is 5.48. The number of H-pyrrole nitrogens is 1. The van der Waals surface area contributed by atoms with Gasteiger partial charge in [-0.05, 0) is 36.0 Å². The summed E-state index contributed by atoms with van der Waals surface area (Å²) in [5.41, 5.74) is 2.97.